The van der Waals surface area contributed by atoms with Crippen LogP contribution in [0.15, 0.2) is 36.5 Å². The van der Waals surface area contributed by atoms with Crippen LogP contribution in [-0.4, -0.2) is 24.0 Å². The van der Waals surface area contributed by atoms with Gasteiger partial charge in [0.25, 0.3) is 0 Å². The van der Waals surface area contributed by atoms with E-state index in [0.29, 0.717) is 11.8 Å². The number of carbonyl (C=O) groups is 1. The normalized spacial score (nSPS) is 26.5. The standard InChI is InChI=1S/C20H25N3O/c1-20(2,17-7-8-22-18-6-4-3-5-16(17)18)23-19(24)13-9-14-11-21-12-15(14)10-13/h3-8,13-15,21H,9-12H2,1-2H3,(H,23,24)/t13-,14+,15?/m1/s1. The molecule has 4 heteroatoms. The van der Waals surface area contributed by atoms with Gasteiger partial charge in [0, 0.05) is 17.5 Å². The molecule has 0 spiro atoms. The van der Waals surface area contributed by atoms with E-state index in [-0.39, 0.29) is 11.8 Å². The van der Waals surface area contributed by atoms with Crippen LogP contribution in [0.25, 0.3) is 10.9 Å². The lowest BCUT2D eigenvalue weighted by Gasteiger charge is -2.29. The molecule has 1 aromatic carbocycles. The number of benzene rings is 1. The first-order chi connectivity index (χ1) is 11.5. The molecular formula is C20H25N3O. The minimum absolute atomic E-state index is 0.162. The topological polar surface area (TPSA) is 54.0 Å². The second-order valence-corrected chi connectivity index (χ2v) is 7.84. The molecule has 2 aromatic rings. The van der Waals surface area contributed by atoms with E-state index in [1.807, 2.05) is 30.5 Å². The third-order valence-corrected chi connectivity index (χ3v) is 5.78. The summed E-state index contributed by atoms with van der Waals surface area (Å²) in [5.41, 5.74) is 1.69. The third-order valence-electron chi connectivity index (χ3n) is 5.78. The van der Waals surface area contributed by atoms with Crippen molar-refractivity contribution in [3.8, 4) is 0 Å². The average Bonchev–Trinajstić information content (AvgIpc) is 3.15. The lowest BCUT2D eigenvalue weighted by atomic mass is 9.90. The Labute approximate surface area is 143 Å². The maximum Gasteiger partial charge on any atom is 0.223 e. The molecule has 126 valence electrons. The lowest BCUT2D eigenvalue weighted by molar-refractivity contribution is -0.126. The van der Waals surface area contributed by atoms with E-state index < -0.39 is 5.54 Å². The number of pyridine rings is 1. The minimum atomic E-state index is -0.407. The van der Waals surface area contributed by atoms with Crippen molar-refractivity contribution in [1.29, 1.82) is 0 Å². The van der Waals surface area contributed by atoms with Crippen molar-refractivity contribution in [2.24, 2.45) is 17.8 Å². The molecule has 0 radical (unpaired) electrons. The van der Waals surface area contributed by atoms with Gasteiger partial charge in [0.05, 0.1) is 11.1 Å². The van der Waals surface area contributed by atoms with E-state index in [0.717, 1.165) is 42.4 Å². The van der Waals surface area contributed by atoms with Gasteiger partial charge in [-0.25, -0.2) is 0 Å². The molecule has 3 atom stereocenters. The molecule has 1 saturated carbocycles. The zero-order valence-corrected chi connectivity index (χ0v) is 14.4. The van der Waals surface area contributed by atoms with Gasteiger partial charge in [-0.05, 0) is 69.3 Å². The molecule has 2 fully saturated rings. The fourth-order valence-electron chi connectivity index (χ4n) is 4.50. The molecule has 4 rings (SSSR count). The number of nitrogens with zero attached hydrogens (tertiary/aromatic N) is 1. The highest BCUT2D eigenvalue weighted by Crippen LogP contribution is 2.39. The predicted molar refractivity (Wildman–Crippen MR) is 95.5 cm³/mol. The first kappa shape index (κ1) is 15.6. The van der Waals surface area contributed by atoms with Gasteiger partial charge in [-0.2, -0.15) is 0 Å². The summed E-state index contributed by atoms with van der Waals surface area (Å²) in [5.74, 6) is 1.74. The Bertz CT molecular complexity index is 753. The van der Waals surface area contributed by atoms with Crippen LogP contribution in [0.4, 0.5) is 0 Å². The molecule has 2 N–H and O–H groups in total. The fraction of sp³-hybridized carbons (Fsp3) is 0.500. The van der Waals surface area contributed by atoms with Crippen LogP contribution in [0.2, 0.25) is 0 Å². The third kappa shape index (κ3) is 2.69. The molecular weight excluding hydrogens is 298 g/mol. The zero-order valence-electron chi connectivity index (χ0n) is 14.4. The first-order valence-corrected chi connectivity index (χ1v) is 8.91. The molecule has 2 heterocycles. The van der Waals surface area contributed by atoms with Crippen molar-refractivity contribution in [3.63, 3.8) is 0 Å². The Morgan fingerprint density at radius 1 is 1.17 bits per heavy atom. The Hall–Kier alpha value is -1.94. The van der Waals surface area contributed by atoms with E-state index in [2.05, 4.69) is 35.5 Å². The number of amides is 1. The van der Waals surface area contributed by atoms with Crippen molar-refractivity contribution in [1.82, 2.24) is 15.6 Å². The number of hydrogen-bond acceptors (Lipinski definition) is 3. The molecule has 4 nitrogen and oxygen atoms in total. The van der Waals surface area contributed by atoms with Crippen molar-refractivity contribution in [2.75, 3.05) is 13.1 Å². The minimum Gasteiger partial charge on any atom is -0.347 e. The maximum atomic E-state index is 12.9. The van der Waals surface area contributed by atoms with Gasteiger partial charge >= 0.3 is 0 Å². The number of rotatable bonds is 3. The number of nitrogens with one attached hydrogen (secondary N) is 2. The van der Waals surface area contributed by atoms with Crippen LogP contribution < -0.4 is 10.6 Å². The van der Waals surface area contributed by atoms with Gasteiger partial charge in [0.15, 0.2) is 0 Å². The predicted octanol–water partition coefficient (Wildman–Crippen LogP) is 2.83. The Balaban J connectivity index is 1.55. The Kier molecular flexibility index (Phi) is 3.80. The second-order valence-electron chi connectivity index (χ2n) is 7.84. The van der Waals surface area contributed by atoms with Crippen LogP contribution in [0.5, 0.6) is 0 Å². The van der Waals surface area contributed by atoms with Gasteiger partial charge in [0.2, 0.25) is 5.91 Å². The Morgan fingerprint density at radius 3 is 2.62 bits per heavy atom. The summed E-state index contributed by atoms with van der Waals surface area (Å²) in [5, 5.41) is 7.86. The van der Waals surface area contributed by atoms with E-state index in [9.17, 15) is 4.79 Å². The quantitative estimate of drug-likeness (QED) is 0.913. The summed E-state index contributed by atoms with van der Waals surface area (Å²) in [6.07, 6.45) is 3.88. The first-order valence-electron chi connectivity index (χ1n) is 8.91. The second kappa shape index (κ2) is 5.85. The van der Waals surface area contributed by atoms with Crippen molar-refractivity contribution >= 4 is 16.8 Å². The van der Waals surface area contributed by atoms with Gasteiger partial charge in [-0.15, -0.1) is 0 Å². The van der Waals surface area contributed by atoms with Crippen LogP contribution >= 0.6 is 0 Å². The number of hydrogen-bond donors (Lipinski definition) is 2. The van der Waals surface area contributed by atoms with E-state index >= 15 is 0 Å². The van der Waals surface area contributed by atoms with Crippen LogP contribution in [0, 0.1) is 17.8 Å². The number of aromatic nitrogens is 1. The van der Waals surface area contributed by atoms with Crippen molar-refractivity contribution in [2.45, 2.75) is 32.2 Å². The van der Waals surface area contributed by atoms with Crippen molar-refractivity contribution in [3.05, 3.63) is 42.1 Å². The van der Waals surface area contributed by atoms with Crippen LogP contribution in [0.1, 0.15) is 32.3 Å². The highest BCUT2D eigenvalue weighted by atomic mass is 16.2. The molecule has 1 aromatic heterocycles. The molecule has 2 aliphatic rings. The van der Waals surface area contributed by atoms with Crippen molar-refractivity contribution < 1.29 is 4.79 Å². The monoisotopic (exact) mass is 323 g/mol. The summed E-state index contributed by atoms with van der Waals surface area (Å²) < 4.78 is 0. The summed E-state index contributed by atoms with van der Waals surface area (Å²) >= 11 is 0. The zero-order chi connectivity index (χ0) is 16.7. The van der Waals surface area contributed by atoms with E-state index in [1.54, 1.807) is 0 Å². The van der Waals surface area contributed by atoms with Gasteiger partial charge in [-0.1, -0.05) is 18.2 Å². The molecule has 1 aliphatic carbocycles. The summed E-state index contributed by atoms with van der Waals surface area (Å²) in [6.45, 7) is 6.33. The van der Waals surface area contributed by atoms with Gasteiger partial charge < -0.3 is 10.6 Å². The molecule has 1 amide bonds. The fourth-order valence-corrected chi connectivity index (χ4v) is 4.50. The summed E-state index contributed by atoms with van der Waals surface area (Å²) in [7, 11) is 0. The smallest absolute Gasteiger partial charge is 0.223 e. The SMILES string of the molecule is CC(C)(NC(=O)[C@H]1CC2CNC[C@@H]2C1)c1ccnc2ccccc12. The Morgan fingerprint density at radius 2 is 1.88 bits per heavy atom. The highest BCUT2D eigenvalue weighted by molar-refractivity contribution is 5.85. The number of carbonyl (C=O) groups excluding carboxylic acids is 1. The summed E-state index contributed by atoms with van der Waals surface area (Å²) in [4.78, 5) is 17.3. The number of para-hydroxylation sites is 1. The van der Waals surface area contributed by atoms with Crippen LogP contribution in [-0.2, 0) is 10.3 Å². The molecule has 1 saturated heterocycles. The average molecular weight is 323 g/mol. The molecule has 0 bridgehead atoms. The molecule has 1 unspecified atom stereocenters. The lowest BCUT2D eigenvalue weighted by Crippen LogP contribution is -2.44. The van der Waals surface area contributed by atoms with E-state index in [4.69, 9.17) is 0 Å². The maximum absolute atomic E-state index is 12.9. The molecule has 24 heavy (non-hydrogen) atoms. The highest BCUT2D eigenvalue weighted by Gasteiger charge is 2.41. The summed E-state index contributed by atoms with van der Waals surface area (Å²) in [6, 6.07) is 10.1. The molecule has 1 aliphatic heterocycles. The van der Waals surface area contributed by atoms with Gasteiger partial charge in [-0.3, -0.25) is 9.78 Å². The van der Waals surface area contributed by atoms with Crippen LogP contribution in [0.3, 0.4) is 0 Å². The van der Waals surface area contributed by atoms with E-state index in [1.165, 1.54) is 0 Å². The van der Waals surface area contributed by atoms with Gasteiger partial charge in [0.1, 0.15) is 0 Å². The number of fused-ring (bicyclic) bond motifs is 2. The largest absolute Gasteiger partial charge is 0.347 e.